The van der Waals surface area contributed by atoms with Gasteiger partial charge in [0.25, 0.3) is 0 Å². The first kappa shape index (κ1) is 22.9. The lowest BCUT2D eigenvalue weighted by atomic mass is 9.33. The van der Waals surface area contributed by atoms with Crippen LogP contribution in [0, 0.1) is 50.2 Å². The number of aldehydes is 1. The molecule has 0 aromatic rings. The zero-order chi connectivity index (χ0) is 23.4. The Morgan fingerprint density at radius 2 is 1.56 bits per heavy atom. The fourth-order valence-electron chi connectivity index (χ4n) is 10.3. The van der Waals surface area contributed by atoms with E-state index in [4.69, 9.17) is 0 Å². The molecule has 0 N–H and O–H groups in total. The topological polar surface area (TPSA) is 34.1 Å². The van der Waals surface area contributed by atoms with Crippen molar-refractivity contribution in [1.29, 1.82) is 0 Å². The molecular formula is C30H46O2. The highest BCUT2D eigenvalue weighted by atomic mass is 16.1. The van der Waals surface area contributed by atoms with Gasteiger partial charge in [-0.3, -0.25) is 4.79 Å². The molecule has 0 bridgehead atoms. The molecule has 2 heteroatoms. The predicted octanol–water partition coefficient (Wildman–Crippen LogP) is 7.56. The van der Waals surface area contributed by atoms with E-state index in [-0.39, 0.29) is 27.1 Å². The lowest BCUT2D eigenvalue weighted by molar-refractivity contribution is -0.184. The molecule has 0 aromatic carbocycles. The van der Waals surface area contributed by atoms with Crippen molar-refractivity contribution in [1.82, 2.24) is 0 Å². The molecule has 178 valence electrons. The summed E-state index contributed by atoms with van der Waals surface area (Å²) in [7, 11) is 0. The molecule has 0 aromatic heterocycles. The highest BCUT2D eigenvalue weighted by molar-refractivity contribution is 5.85. The molecule has 5 rings (SSSR count). The van der Waals surface area contributed by atoms with Crippen molar-refractivity contribution in [3.05, 3.63) is 11.6 Å². The maximum Gasteiger partial charge on any atom is 0.138 e. The molecule has 1 unspecified atom stereocenters. The van der Waals surface area contributed by atoms with Gasteiger partial charge in [0.15, 0.2) is 0 Å². The van der Waals surface area contributed by atoms with Crippen LogP contribution in [0.15, 0.2) is 11.6 Å². The molecule has 4 saturated carbocycles. The molecule has 0 radical (unpaired) electrons. The van der Waals surface area contributed by atoms with Crippen LogP contribution in [0.3, 0.4) is 0 Å². The van der Waals surface area contributed by atoms with Crippen molar-refractivity contribution in [3.63, 3.8) is 0 Å². The van der Waals surface area contributed by atoms with E-state index in [9.17, 15) is 9.59 Å². The average Bonchev–Trinajstić information content (AvgIpc) is 2.71. The third kappa shape index (κ3) is 2.65. The average molecular weight is 439 g/mol. The smallest absolute Gasteiger partial charge is 0.138 e. The van der Waals surface area contributed by atoms with Crippen molar-refractivity contribution in [3.8, 4) is 0 Å². The van der Waals surface area contributed by atoms with Gasteiger partial charge in [0.05, 0.1) is 0 Å². The van der Waals surface area contributed by atoms with Gasteiger partial charge in [-0.25, -0.2) is 0 Å². The monoisotopic (exact) mass is 438 g/mol. The lowest BCUT2D eigenvalue weighted by Gasteiger charge is -2.70. The van der Waals surface area contributed by atoms with Gasteiger partial charge in [0, 0.05) is 17.3 Å². The first-order valence-electron chi connectivity index (χ1n) is 13.5. The van der Waals surface area contributed by atoms with Crippen LogP contribution < -0.4 is 0 Å². The van der Waals surface area contributed by atoms with Gasteiger partial charge >= 0.3 is 0 Å². The molecule has 5 aliphatic carbocycles. The Morgan fingerprint density at radius 3 is 2.25 bits per heavy atom. The molecule has 0 spiro atoms. The molecule has 32 heavy (non-hydrogen) atoms. The van der Waals surface area contributed by atoms with E-state index in [1.165, 1.54) is 25.5 Å². The largest absolute Gasteiger partial charge is 0.303 e. The van der Waals surface area contributed by atoms with E-state index < -0.39 is 0 Å². The summed E-state index contributed by atoms with van der Waals surface area (Å²) in [6.07, 6.45) is 15.0. The van der Waals surface area contributed by atoms with Crippen LogP contribution in [0.5, 0.6) is 0 Å². The molecule has 0 aliphatic heterocycles. The van der Waals surface area contributed by atoms with Crippen molar-refractivity contribution < 1.29 is 9.59 Å². The quantitative estimate of drug-likeness (QED) is 0.313. The minimum Gasteiger partial charge on any atom is -0.303 e. The summed E-state index contributed by atoms with van der Waals surface area (Å²) in [6.45, 7) is 17.0. The van der Waals surface area contributed by atoms with Crippen molar-refractivity contribution in [2.75, 3.05) is 0 Å². The van der Waals surface area contributed by atoms with Crippen molar-refractivity contribution in [2.24, 2.45) is 50.2 Å². The maximum absolute atomic E-state index is 12.9. The fraction of sp³-hybridized carbons (Fsp3) is 0.867. The third-order valence-corrected chi connectivity index (χ3v) is 12.7. The molecule has 7 atom stereocenters. The Balaban J connectivity index is 1.59. The van der Waals surface area contributed by atoms with Gasteiger partial charge in [-0.1, -0.05) is 60.1 Å². The third-order valence-electron chi connectivity index (χ3n) is 12.7. The minimum atomic E-state index is -0.189. The second-order valence-electron chi connectivity index (χ2n) is 14.7. The van der Waals surface area contributed by atoms with E-state index in [2.05, 4.69) is 54.5 Å². The molecule has 0 heterocycles. The maximum atomic E-state index is 12.9. The van der Waals surface area contributed by atoms with Crippen LogP contribution in [-0.2, 0) is 9.59 Å². The number of rotatable bonds is 1. The summed E-state index contributed by atoms with van der Waals surface area (Å²) < 4.78 is 0. The Labute approximate surface area is 196 Å². The van der Waals surface area contributed by atoms with Gasteiger partial charge in [-0.05, 0) is 97.2 Å². The summed E-state index contributed by atoms with van der Waals surface area (Å²) in [4.78, 5) is 25.4. The lowest BCUT2D eigenvalue weighted by Crippen LogP contribution is -2.64. The number of fused-ring (bicyclic) bond motifs is 7. The van der Waals surface area contributed by atoms with Gasteiger partial charge in [-0.15, -0.1) is 0 Å². The molecule has 5 aliphatic rings. The Morgan fingerprint density at radius 1 is 0.875 bits per heavy atom. The second-order valence-corrected chi connectivity index (χ2v) is 14.7. The van der Waals surface area contributed by atoms with Gasteiger partial charge in [-0.2, -0.15) is 0 Å². The van der Waals surface area contributed by atoms with Crippen molar-refractivity contribution >= 4 is 12.1 Å². The van der Waals surface area contributed by atoms with Crippen LogP contribution in [0.1, 0.15) is 113 Å². The zero-order valence-electron chi connectivity index (χ0n) is 21.8. The number of hydrogen-bond donors (Lipinski definition) is 0. The van der Waals surface area contributed by atoms with Crippen LogP contribution in [0.25, 0.3) is 0 Å². The van der Waals surface area contributed by atoms with Crippen LogP contribution >= 0.6 is 0 Å². The van der Waals surface area contributed by atoms with E-state index in [0.717, 1.165) is 44.9 Å². The highest BCUT2D eigenvalue weighted by Gasteiger charge is 2.68. The van der Waals surface area contributed by atoms with Crippen LogP contribution in [-0.4, -0.2) is 12.1 Å². The summed E-state index contributed by atoms with van der Waals surface area (Å²) in [6, 6.07) is 0. The highest BCUT2D eigenvalue weighted by Crippen LogP contribution is 2.75. The van der Waals surface area contributed by atoms with Gasteiger partial charge in [0.1, 0.15) is 12.1 Å². The molecule has 0 amide bonds. The normalized spacial score (nSPS) is 51.4. The molecule has 2 nitrogen and oxygen atoms in total. The Kier molecular flexibility index (Phi) is 4.71. The first-order valence-corrected chi connectivity index (χ1v) is 13.5. The van der Waals surface area contributed by atoms with E-state index >= 15 is 0 Å². The SMILES string of the molecule is CC1(C)CC[C@]2(C=O)CC[C@]3(C)C(=CC[C@@H]4[C@@]5(C)CCC(=O)C(C)(C)C5CC[C@]43C)[C@H]2C1. The Bertz CT molecular complexity index is 879. The van der Waals surface area contributed by atoms with Gasteiger partial charge < -0.3 is 4.79 Å². The summed E-state index contributed by atoms with van der Waals surface area (Å²) in [5.74, 6) is 2.05. The van der Waals surface area contributed by atoms with E-state index in [1.54, 1.807) is 5.57 Å². The predicted molar refractivity (Wildman–Crippen MR) is 130 cm³/mol. The zero-order valence-corrected chi connectivity index (χ0v) is 21.8. The second kappa shape index (κ2) is 6.60. The first-order chi connectivity index (χ1) is 14.8. The van der Waals surface area contributed by atoms with E-state index in [0.29, 0.717) is 29.0 Å². The van der Waals surface area contributed by atoms with Gasteiger partial charge in [0.2, 0.25) is 0 Å². The number of ketones is 1. The number of carbonyl (C=O) groups is 2. The van der Waals surface area contributed by atoms with Crippen LogP contribution in [0.4, 0.5) is 0 Å². The minimum absolute atomic E-state index is 0.121. The van der Waals surface area contributed by atoms with Crippen molar-refractivity contribution in [2.45, 2.75) is 113 Å². The number of hydrogen-bond acceptors (Lipinski definition) is 2. The Hall–Kier alpha value is -0.920. The summed E-state index contributed by atoms with van der Waals surface area (Å²) in [5.41, 5.74) is 2.34. The number of carbonyl (C=O) groups excluding carboxylic acids is 2. The van der Waals surface area contributed by atoms with E-state index in [1.807, 2.05) is 0 Å². The number of allylic oxidation sites excluding steroid dienone is 2. The molecular weight excluding hydrogens is 392 g/mol. The fourth-order valence-corrected chi connectivity index (χ4v) is 10.3. The van der Waals surface area contributed by atoms with Crippen LogP contribution in [0.2, 0.25) is 0 Å². The summed E-state index contributed by atoms with van der Waals surface area (Å²) in [5, 5.41) is 0. The molecule has 4 fully saturated rings. The number of Topliss-reactive ketones (excluding diaryl/α,β-unsaturated/α-hetero) is 1. The summed E-state index contributed by atoms with van der Waals surface area (Å²) >= 11 is 0. The standard InChI is InChI=1S/C30H46O2/c1-25(2)14-16-30(19-31)17-15-28(6)20(21(30)18-25)8-9-23-27(5)12-11-24(32)26(3,4)22(27)10-13-29(23,28)7/h8,19,21-23H,9-18H2,1-7H3/t21-,22?,23-,27+,28-,29-,30-/m1/s1. The molecule has 0 saturated heterocycles.